The predicted molar refractivity (Wildman–Crippen MR) is 101 cm³/mol. The highest BCUT2D eigenvalue weighted by molar-refractivity contribution is 6.51. The number of benzene rings is 2. The number of Topliss-reactive ketones (excluding diaryl/α,β-unsaturated/α-hetero) is 1. The summed E-state index contributed by atoms with van der Waals surface area (Å²) in [6, 6.07) is 13.6. The van der Waals surface area contributed by atoms with Crippen molar-refractivity contribution in [1.82, 2.24) is 0 Å². The quantitative estimate of drug-likeness (QED) is 0.395. The summed E-state index contributed by atoms with van der Waals surface area (Å²) in [6.07, 6.45) is 1.41. The normalized spacial score (nSPS) is 18.6. The molecule has 2 heterocycles. The van der Waals surface area contributed by atoms with Crippen LogP contribution in [0.15, 0.2) is 76.9 Å². The van der Waals surface area contributed by atoms with Crippen LogP contribution in [0.25, 0.3) is 5.76 Å². The molecule has 2 aromatic carbocycles. The number of hydrogen-bond donors (Lipinski definition) is 1. The van der Waals surface area contributed by atoms with Gasteiger partial charge in [-0.05, 0) is 60.7 Å². The molecule has 0 spiro atoms. The molecule has 0 saturated carbocycles. The smallest absolute Gasteiger partial charge is 0.300 e. The number of aliphatic hydroxyl groups is 1. The molecule has 1 atom stereocenters. The fraction of sp³-hybridized carbons (Fsp3) is 0.0476. The molecular formula is C21H13ClFNO4. The summed E-state index contributed by atoms with van der Waals surface area (Å²) in [5, 5.41) is 11.3. The van der Waals surface area contributed by atoms with E-state index in [1.165, 1.54) is 35.4 Å². The van der Waals surface area contributed by atoms with Crippen molar-refractivity contribution in [3.05, 3.63) is 94.7 Å². The summed E-state index contributed by atoms with van der Waals surface area (Å²) < 4.78 is 18.8. The zero-order valence-corrected chi connectivity index (χ0v) is 15.1. The molecule has 5 nitrogen and oxygen atoms in total. The van der Waals surface area contributed by atoms with Gasteiger partial charge in [-0.3, -0.25) is 14.5 Å². The van der Waals surface area contributed by atoms with Crippen LogP contribution in [0.4, 0.5) is 10.1 Å². The third-order valence-electron chi connectivity index (χ3n) is 4.48. The Hall–Kier alpha value is -3.38. The summed E-state index contributed by atoms with van der Waals surface area (Å²) in [4.78, 5) is 26.7. The molecule has 0 bridgehead atoms. The van der Waals surface area contributed by atoms with E-state index < -0.39 is 23.5 Å². The number of nitrogens with zero attached hydrogens (tertiary/aromatic N) is 1. The van der Waals surface area contributed by atoms with E-state index in [9.17, 15) is 19.1 Å². The van der Waals surface area contributed by atoms with Crippen LogP contribution >= 0.6 is 11.6 Å². The second kappa shape index (κ2) is 6.98. The van der Waals surface area contributed by atoms with Crippen molar-refractivity contribution >= 4 is 34.7 Å². The predicted octanol–water partition coefficient (Wildman–Crippen LogP) is 4.70. The number of carbonyl (C=O) groups is 2. The molecule has 1 saturated heterocycles. The maximum Gasteiger partial charge on any atom is 0.300 e. The van der Waals surface area contributed by atoms with E-state index in [1.54, 1.807) is 36.4 Å². The van der Waals surface area contributed by atoms with Gasteiger partial charge in [0.25, 0.3) is 11.7 Å². The molecule has 0 aliphatic carbocycles. The number of anilines is 1. The zero-order chi connectivity index (χ0) is 19.8. The Morgan fingerprint density at radius 2 is 1.71 bits per heavy atom. The molecule has 140 valence electrons. The Bertz CT molecular complexity index is 1070. The first-order chi connectivity index (χ1) is 13.5. The van der Waals surface area contributed by atoms with Crippen molar-refractivity contribution in [3.8, 4) is 0 Å². The van der Waals surface area contributed by atoms with Gasteiger partial charge in [0.1, 0.15) is 23.4 Å². The lowest BCUT2D eigenvalue weighted by molar-refractivity contribution is -0.132. The lowest BCUT2D eigenvalue weighted by Crippen LogP contribution is -2.29. The number of furan rings is 1. The number of ketones is 1. The summed E-state index contributed by atoms with van der Waals surface area (Å²) in [5.74, 6) is -2.24. The SMILES string of the molecule is O=C1C(=O)N(c2ccc(F)cc2)C(c2ccco2)/C1=C(/O)c1ccc(Cl)cc1. The average molecular weight is 398 g/mol. The van der Waals surface area contributed by atoms with Gasteiger partial charge in [-0.25, -0.2) is 4.39 Å². The Kier molecular flexibility index (Phi) is 4.49. The van der Waals surface area contributed by atoms with E-state index in [4.69, 9.17) is 16.0 Å². The first-order valence-electron chi connectivity index (χ1n) is 8.33. The molecule has 1 unspecified atom stereocenters. The van der Waals surface area contributed by atoms with E-state index in [-0.39, 0.29) is 11.3 Å². The number of carbonyl (C=O) groups excluding carboxylic acids is 2. The molecule has 1 amide bonds. The summed E-state index contributed by atoms with van der Waals surface area (Å²) in [5.41, 5.74) is 0.518. The van der Waals surface area contributed by atoms with Crippen molar-refractivity contribution < 1.29 is 23.5 Å². The van der Waals surface area contributed by atoms with Gasteiger partial charge in [-0.2, -0.15) is 0 Å². The van der Waals surface area contributed by atoms with Crippen molar-refractivity contribution in [2.24, 2.45) is 0 Å². The standard InChI is InChI=1S/C21H13ClFNO4/c22-13-5-3-12(4-6-13)19(25)17-18(16-2-1-11-28-16)24(21(27)20(17)26)15-9-7-14(23)8-10-15/h1-11,18,25H/b19-17-. The Labute approximate surface area is 164 Å². The van der Waals surface area contributed by atoms with Crippen molar-refractivity contribution in [2.45, 2.75) is 6.04 Å². The minimum absolute atomic E-state index is 0.119. The number of amides is 1. The third kappa shape index (κ3) is 2.97. The summed E-state index contributed by atoms with van der Waals surface area (Å²) in [6.45, 7) is 0. The fourth-order valence-electron chi connectivity index (χ4n) is 3.18. The molecule has 1 aliphatic rings. The lowest BCUT2D eigenvalue weighted by atomic mass is 9.99. The molecule has 1 N–H and O–H groups in total. The monoisotopic (exact) mass is 397 g/mol. The minimum Gasteiger partial charge on any atom is -0.507 e. The van der Waals surface area contributed by atoms with Crippen molar-refractivity contribution in [3.63, 3.8) is 0 Å². The average Bonchev–Trinajstić information content (AvgIpc) is 3.30. The largest absolute Gasteiger partial charge is 0.507 e. The zero-order valence-electron chi connectivity index (χ0n) is 14.3. The fourth-order valence-corrected chi connectivity index (χ4v) is 3.31. The number of halogens is 2. The van der Waals surface area contributed by atoms with Gasteiger partial charge in [-0.15, -0.1) is 0 Å². The highest BCUT2D eigenvalue weighted by Crippen LogP contribution is 2.42. The maximum absolute atomic E-state index is 13.3. The van der Waals surface area contributed by atoms with Crippen LogP contribution in [0.2, 0.25) is 5.02 Å². The number of aliphatic hydroxyl groups excluding tert-OH is 1. The molecule has 0 radical (unpaired) electrons. The van der Waals surface area contributed by atoms with Crippen molar-refractivity contribution in [1.29, 1.82) is 0 Å². The second-order valence-corrected chi connectivity index (χ2v) is 6.60. The Balaban J connectivity index is 1.91. The Morgan fingerprint density at radius 1 is 1.04 bits per heavy atom. The van der Waals surface area contributed by atoms with E-state index >= 15 is 0 Å². The molecule has 1 aliphatic heterocycles. The number of hydrogen-bond acceptors (Lipinski definition) is 4. The highest BCUT2D eigenvalue weighted by Gasteiger charge is 2.48. The van der Waals surface area contributed by atoms with E-state index in [0.29, 0.717) is 22.0 Å². The van der Waals surface area contributed by atoms with E-state index in [2.05, 4.69) is 0 Å². The van der Waals surface area contributed by atoms with Crippen LogP contribution in [0.1, 0.15) is 17.4 Å². The van der Waals surface area contributed by atoms with Crippen molar-refractivity contribution in [2.75, 3.05) is 4.90 Å². The number of rotatable bonds is 3. The van der Waals surface area contributed by atoms with Gasteiger partial charge in [0.05, 0.1) is 11.8 Å². The van der Waals surface area contributed by atoms with Gasteiger partial charge in [0.2, 0.25) is 0 Å². The molecule has 28 heavy (non-hydrogen) atoms. The van der Waals surface area contributed by atoms with Crippen LogP contribution in [0, 0.1) is 5.82 Å². The van der Waals surface area contributed by atoms with Gasteiger partial charge in [-0.1, -0.05) is 11.6 Å². The lowest BCUT2D eigenvalue weighted by Gasteiger charge is -2.23. The van der Waals surface area contributed by atoms with Gasteiger partial charge in [0, 0.05) is 16.3 Å². The molecule has 7 heteroatoms. The van der Waals surface area contributed by atoms with Crippen LogP contribution in [-0.4, -0.2) is 16.8 Å². The molecule has 1 fully saturated rings. The first kappa shape index (κ1) is 18.0. The second-order valence-electron chi connectivity index (χ2n) is 6.17. The van der Waals surface area contributed by atoms with Crippen LogP contribution < -0.4 is 4.90 Å². The van der Waals surface area contributed by atoms with Crippen LogP contribution in [0.3, 0.4) is 0 Å². The van der Waals surface area contributed by atoms with Gasteiger partial charge in [0.15, 0.2) is 0 Å². The highest BCUT2D eigenvalue weighted by atomic mass is 35.5. The first-order valence-corrected chi connectivity index (χ1v) is 8.71. The third-order valence-corrected chi connectivity index (χ3v) is 4.73. The summed E-state index contributed by atoms with van der Waals surface area (Å²) in [7, 11) is 0. The molecular weight excluding hydrogens is 385 g/mol. The molecule has 1 aromatic heterocycles. The van der Waals surface area contributed by atoms with Crippen LogP contribution in [0.5, 0.6) is 0 Å². The van der Waals surface area contributed by atoms with Gasteiger partial charge < -0.3 is 9.52 Å². The van der Waals surface area contributed by atoms with E-state index in [1.807, 2.05) is 0 Å². The maximum atomic E-state index is 13.3. The topological polar surface area (TPSA) is 70.8 Å². The molecule has 4 rings (SSSR count). The Morgan fingerprint density at radius 3 is 2.32 bits per heavy atom. The minimum atomic E-state index is -0.990. The van der Waals surface area contributed by atoms with E-state index in [0.717, 1.165) is 0 Å². The molecule has 3 aromatic rings. The van der Waals surface area contributed by atoms with Gasteiger partial charge >= 0.3 is 0 Å². The van der Waals surface area contributed by atoms with Crippen LogP contribution in [-0.2, 0) is 9.59 Å². The summed E-state index contributed by atoms with van der Waals surface area (Å²) >= 11 is 5.88.